The average Bonchev–Trinajstić information content (AvgIpc) is 3.09. The minimum absolute atomic E-state index is 0.00679. The van der Waals surface area contributed by atoms with Gasteiger partial charge in [-0.1, -0.05) is 43.7 Å². The van der Waals surface area contributed by atoms with Crippen LogP contribution in [0.5, 0.6) is 5.75 Å². The third kappa shape index (κ3) is 4.25. The monoisotopic (exact) mass is 457 g/mol. The topological polar surface area (TPSA) is 66.8 Å². The van der Waals surface area contributed by atoms with Crippen LogP contribution in [0.1, 0.15) is 46.8 Å². The average molecular weight is 457 g/mol. The Morgan fingerprint density at radius 1 is 1.18 bits per heavy atom. The van der Waals surface area contributed by atoms with Crippen LogP contribution < -0.4 is 9.64 Å². The van der Waals surface area contributed by atoms with Crippen LogP contribution in [0.2, 0.25) is 0 Å². The summed E-state index contributed by atoms with van der Waals surface area (Å²) in [4.78, 5) is 25.5. The molecule has 3 aromatic rings. The fourth-order valence-electron chi connectivity index (χ4n) is 4.39. The van der Waals surface area contributed by atoms with E-state index in [4.69, 9.17) is 9.84 Å². The highest BCUT2D eigenvalue weighted by Gasteiger charge is 2.37. The second kappa shape index (κ2) is 9.13. The van der Waals surface area contributed by atoms with Crippen LogP contribution in [-0.2, 0) is 24.2 Å². The molecule has 1 N–H and O–H groups in total. The maximum atomic E-state index is 14.9. The molecule has 0 saturated carbocycles. The van der Waals surface area contributed by atoms with Crippen LogP contribution in [-0.4, -0.2) is 23.6 Å². The van der Waals surface area contributed by atoms with E-state index < -0.39 is 24.3 Å². The number of fused-ring (bicyclic) bond motifs is 2. The van der Waals surface area contributed by atoms with Crippen LogP contribution >= 0.6 is 0 Å². The lowest BCUT2D eigenvalue weighted by Crippen LogP contribution is -2.24. The minimum Gasteiger partial charge on any atom is -0.481 e. The Kier molecular flexibility index (Phi) is 6.26. The number of rotatable bonds is 8. The quantitative estimate of drug-likeness (QED) is 0.471. The molecule has 0 fully saturated rings. The van der Waals surface area contributed by atoms with Gasteiger partial charge in [-0.15, -0.1) is 0 Å². The Balaban J connectivity index is 1.87. The molecule has 0 aromatic heterocycles. The Morgan fingerprint density at radius 3 is 2.55 bits per heavy atom. The van der Waals surface area contributed by atoms with Crippen LogP contribution in [0, 0.1) is 5.82 Å². The number of aliphatic carboxylic acids is 1. The molecule has 172 valence electrons. The standard InChI is InChI=1S/C25H22F3NO4/c1-2-3-6-16-15-7-4-5-8-17(15)23(33-25(27)28)22-18(16)13-29(24(22)32)20-10-9-14(11-19(20)26)12-21(30)31/h4-5,7-11,25H,2-3,6,12-13H2,1H3,(H,30,31). The summed E-state index contributed by atoms with van der Waals surface area (Å²) in [5, 5.41) is 10.1. The van der Waals surface area contributed by atoms with E-state index in [0.29, 0.717) is 17.4 Å². The lowest BCUT2D eigenvalue weighted by Gasteiger charge is -2.17. The van der Waals surface area contributed by atoms with E-state index in [0.717, 1.165) is 29.9 Å². The SMILES string of the molecule is CCCCc1c2c(c(OC(F)F)c3ccccc13)C(=O)N(c1ccc(CC(=O)O)cc1F)C2. The van der Waals surface area contributed by atoms with E-state index in [1.807, 2.05) is 13.0 Å². The van der Waals surface area contributed by atoms with Crippen molar-refractivity contribution in [2.45, 2.75) is 45.8 Å². The Bertz CT molecular complexity index is 1240. The Hall–Kier alpha value is -3.55. The number of halogens is 3. The molecule has 0 unspecified atom stereocenters. The summed E-state index contributed by atoms with van der Waals surface area (Å²) in [6, 6.07) is 10.8. The first-order valence-corrected chi connectivity index (χ1v) is 10.6. The third-order valence-electron chi connectivity index (χ3n) is 5.81. The van der Waals surface area contributed by atoms with Gasteiger partial charge in [0, 0.05) is 5.39 Å². The van der Waals surface area contributed by atoms with Crippen molar-refractivity contribution in [1.29, 1.82) is 0 Å². The number of carbonyl (C=O) groups is 2. The number of amides is 1. The molecule has 5 nitrogen and oxygen atoms in total. The predicted octanol–water partition coefficient (Wildman–Crippen LogP) is 5.71. The van der Waals surface area contributed by atoms with Crippen molar-refractivity contribution >= 4 is 28.3 Å². The van der Waals surface area contributed by atoms with Crippen molar-refractivity contribution < 1.29 is 32.6 Å². The second-order valence-corrected chi connectivity index (χ2v) is 7.94. The number of hydrogen-bond acceptors (Lipinski definition) is 3. The van der Waals surface area contributed by atoms with Gasteiger partial charge in [-0.05, 0) is 47.1 Å². The van der Waals surface area contributed by atoms with Gasteiger partial charge >= 0.3 is 12.6 Å². The number of nitrogens with zero attached hydrogens (tertiary/aromatic N) is 1. The second-order valence-electron chi connectivity index (χ2n) is 7.94. The summed E-state index contributed by atoms with van der Waals surface area (Å²) in [6.45, 7) is -1.09. The molecule has 1 aliphatic heterocycles. The first kappa shape index (κ1) is 22.6. The zero-order chi connectivity index (χ0) is 23.7. The fraction of sp³-hybridized carbons (Fsp3) is 0.280. The molecule has 1 heterocycles. The third-order valence-corrected chi connectivity index (χ3v) is 5.81. The molecule has 4 rings (SSSR count). The van der Waals surface area contributed by atoms with Crippen molar-refractivity contribution in [3.8, 4) is 5.75 Å². The first-order chi connectivity index (χ1) is 15.8. The number of unbranched alkanes of at least 4 members (excludes halogenated alkanes) is 1. The molecule has 0 spiro atoms. The molecule has 0 aliphatic carbocycles. The van der Waals surface area contributed by atoms with Crippen LogP contribution in [0.25, 0.3) is 10.8 Å². The molecule has 8 heteroatoms. The number of anilines is 1. The number of benzene rings is 3. The van der Waals surface area contributed by atoms with Gasteiger partial charge < -0.3 is 14.7 Å². The number of aryl methyl sites for hydroxylation is 1. The maximum absolute atomic E-state index is 14.9. The number of alkyl halides is 2. The highest BCUT2D eigenvalue weighted by atomic mass is 19.3. The number of ether oxygens (including phenoxy) is 1. The van der Waals surface area contributed by atoms with Crippen LogP contribution in [0.3, 0.4) is 0 Å². The zero-order valence-corrected chi connectivity index (χ0v) is 17.9. The molecular weight excluding hydrogens is 435 g/mol. The van der Waals surface area contributed by atoms with E-state index in [9.17, 15) is 22.8 Å². The minimum atomic E-state index is -3.13. The molecule has 0 radical (unpaired) electrons. The lowest BCUT2D eigenvalue weighted by molar-refractivity contribution is -0.136. The lowest BCUT2D eigenvalue weighted by atomic mass is 9.91. The predicted molar refractivity (Wildman–Crippen MR) is 117 cm³/mol. The summed E-state index contributed by atoms with van der Waals surface area (Å²) in [7, 11) is 0. The zero-order valence-electron chi connectivity index (χ0n) is 17.9. The molecule has 0 saturated heterocycles. The molecule has 1 amide bonds. The molecule has 33 heavy (non-hydrogen) atoms. The maximum Gasteiger partial charge on any atom is 0.387 e. The van der Waals surface area contributed by atoms with Gasteiger partial charge in [-0.3, -0.25) is 9.59 Å². The van der Waals surface area contributed by atoms with Crippen molar-refractivity contribution in [3.63, 3.8) is 0 Å². The fourth-order valence-corrected chi connectivity index (χ4v) is 4.39. The summed E-state index contributed by atoms with van der Waals surface area (Å²) < 4.78 is 46.4. The molecule has 3 aromatic carbocycles. The van der Waals surface area contributed by atoms with Gasteiger partial charge in [0.1, 0.15) is 11.6 Å². The van der Waals surface area contributed by atoms with Gasteiger partial charge in [0.15, 0.2) is 0 Å². The Morgan fingerprint density at radius 2 is 1.91 bits per heavy atom. The highest BCUT2D eigenvalue weighted by molar-refractivity contribution is 6.16. The van der Waals surface area contributed by atoms with Crippen molar-refractivity contribution in [3.05, 3.63) is 70.5 Å². The van der Waals surface area contributed by atoms with Crippen LogP contribution in [0.4, 0.5) is 18.9 Å². The van der Waals surface area contributed by atoms with Crippen molar-refractivity contribution in [1.82, 2.24) is 0 Å². The van der Waals surface area contributed by atoms with Crippen LogP contribution in [0.15, 0.2) is 42.5 Å². The van der Waals surface area contributed by atoms with E-state index >= 15 is 0 Å². The molecule has 1 aliphatic rings. The van der Waals surface area contributed by atoms with Gasteiger partial charge in [-0.25, -0.2) is 4.39 Å². The summed E-state index contributed by atoms with van der Waals surface area (Å²) >= 11 is 0. The van der Waals surface area contributed by atoms with Gasteiger partial charge in [0.05, 0.1) is 24.2 Å². The van der Waals surface area contributed by atoms with Crippen molar-refractivity contribution in [2.24, 2.45) is 0 Å². The smallest absolute Gasteiger partial charge is 0.387 e. The number of carboxylic acid groups (broad SMARTS) is 1. The normalized spacial score (nSPS) is 13.1. The Labute approximate surface area is 188 Å². The number of hydrogen-bond donors (Lipinski definition) is 1. The summed E-state index contributed by atoms with van der Waals surface area (Å²) in [5.41, 5.74) is 1.65. The van der Waals surface area contributed by atoms with E-state index in [1.54, 1.807) is 18.2 Å². The number of carbonyl (C=O) groups excluding carboxylic acids is 1. The van der Waals surface area contributed by atoms with E-state index in [2.05, 4.69) is 0 Å². The first-order valence-electron chi connectivity index (χ1n) is 10.6. The molecular formula is C25H22F3NO4. The van der Waals surface area contributed by atoms with Gasteiger partial charge in [0.25, 0.3) is 5.91 Å². The van der Waals surface area contributed by atoms with Crippen molar-refractivity contribution in [2.75, 3.05) is 4.90 Å². The van der Waals surface area contributed by atoms with Gasteiger partial charge in [-0.2, -0.15) is 8.78 Å². The largest absolute Gasteiger partial charge is 0.481 e. The molecule has 0 atom stereocenters. The number of carboxylic acids is 1. The van der Waals surface area contributed by atoms with E-state index in [1.165, 1.54) is 17.0 Å². The highest BCUT2D eigenvalue weighted by Crippen LogP contribution is 2.43. The molecule has 0 bridgehead atoms. The van der Waals surface area contributed by atoms with Gasteiger partial charge in [0.2, 0.25) is 0 Å². The summed E-state index contributed by atoms with van der Waals surface area (Å²) in [6.07, 6.45) is 2.01. The van der Waals surface area contributed by atoms with E-state index in [-0.39, 0.29) is 35.5 Å². The summed E-state index contributed by atoms with van der Waals surface area (Å²) in [5.74, 6) is -2.70.